The lowest BCUT2D eigenvalue weighted by atomic mass is 10.1. The number of carbonyl (C=O) groups excluding carboxylic acids is 1. The first kappa shape index (κ1) is 30.6. The Bertz CT molecular complexity index is 2120. The SMILES string of the molecule is CN(Nc1ccc2c(c1)c1ccccc1n2CCCCCCCCCCn1c2ccccc2c2cc(C=O)ccc21)c1ccccc1. The predicted molar refractivity (Wildman–Crippen MR) is 200 cm³/mol. The predicted octanol–water partition coefficient (Wildman–Crippen LogP) is 11.0. The second-order valence-electron chi connectivity index (χ2n) is 12.8. The molecule has 0 aliphatic rings. The zero-order valence-electron chi connectivity index (χ0n) is 27.4. The van der Waals surface area contributed by atoms with Crippen LogP contribution in [-0.2, 0) is 13.1 Å². The van der Waals surface area contributed by atoms with Crippen molar-refractivity contribution < 1.29 is 4.79 Å². The molecule has 2 aromatic heterocycles. The molecule has 5 nitrogen and oxygen atoms in total. The van der Waals surface area contributed by atoms with Crippen LogP contribution in [0.1, 0.15) is 61.7 Å². The van der Waals surface area contributed by atoms with Crippen molar-refractivity contribution in [2.75, 3.05) is 17.5 Å². The van der Waals surface area contributed by atoms with E-state index in [1.807, 2.05) is 18.2 Å². The maximum absolute atomic E-state index is 11.4. The van der Waals surface area contributed by atoms with Crippen LogP contribution in [0.3, 0.4) is 0 Å². The fraction of sp³-hybridized carbons (Fsp3) is 0.262. The molecule has 0 bridgehead atoms. The van der Waals surface area contributed by atoms with Gasteiger partial charge in [0.2, 0.25) is 0 Å². The maximum atomic E-state index is 11.4. The zero-order chi connectivity index (χ0) is 32.0. The van der Waals surface area contributed by atoms with E-state index in [0.717, 1.165) is 36.3 Å². The Morgan fingerprint density at radius 3 is 1.62 bits per heavy atom. The Balaban J connectivity index is 0.886. The number of nitrogens with one attached hydrogen (secondary N) is 1. The van der Waals surface area contributed by atoms with E-state index >= 15 is 0 Å². The number of hydrazine groups is 1. The van der Waals surface area contributed by atoms with Crippen molar-refractivity contribution in [3.05, 3.63) is 121 Å². The molecule has 5 aromatic carbocycles. The number of para-hydroxylation sites is 3. The molecule has 0 radical (unpaired) electrons. The molecule has 1 N–H and O–H groups in total. The van der Waals surface area contributed by atoms with Gasteiger partial charge in [0.15, 0.2) is 0 Å². The number of rotatable bonds is 15. The van der Waals surface area contributed by atoms with Gasteiger partial charge in [-0.2, -0.15) is 0 Å². The van der Waals surface area contributed by atoms with Crippen molar-refractivity contribution in [1.82, 2.24) is 9.13 Å². The molecule has 0 aliphatic carbocycles. The number of nitrogens with zero attached hydrogens (tertiary/aromatic N) is 3. The van der Waals surface area contributed by atoms with Crippen LogP contribution < -0.4 is 10.4 Å². The summed E-state index contributed by atoms with van der Waals surface area (Å²) >= 11 is 0. The highest BCUT2D eigenvalue weighted by Gasteiger charge is 2.13. The minimum absolute atomic E-state index is 0.741. The Labute approximate surface area is 277 Å². The first-order valence-corrected chi connectivity index (χ1v) is 17.2. The molecular formula is C42H44N4O. The van der Waals surface area contributed by atoms with Crippen molar-refractivity contribution in [3.8, 4) is 0 Å². The van der Waals surface area contributed by atoms with Crippen LogP contribution in [0.25, 0.3) is 43.6 Å². The fourth-order valence-corrected chi connectivity index (χ4v) is 7.26. The molecule has 238 valence electrons. The zero-order valence-corrected chi connectivity index (χ0v) is 27.4. The monoisotopic (exact) mass is 620 g/mol. The molecule has 0 saturated carbocycles. The van der Waals surface area contributed by atoms with Crippen LogP contribution in [0.5, 0.6) is 0 Å². The molecule has 7 rings (SSSR count). The van der Waals surface area contributed by atoms with Crippen LogP contribution in [-0.4, -0.2) is 22.5 Å². The molecule has 0 fully saturated rings. The second kappa shape index (κ2) is 14.2. The van der Waals surface area contributed by atoms with Crippen LogP contribution in [0.4, 0.5) is 11.4 Å². The summed E-state index contributed by atoms with van der Waals surface area (Å²) in [5.41, 5.74) is 11.6. The summed E-state index contributed by atoms with van der Waals surface area (Å²) < 4.78 is 4.96. The van der Waals surface area contributed by atoms with E-state index in [2.05, 4.69) is 124 Å². The number of aromatic nitrogens is 2. The number of anilines is 2. The minimum atomic E-state index is 0.741. The van der Waals surface area contributed by atoms with E-state index in [1.165, 1.54) is 95.0 Å². The number of benzene rings is 5. The lowest BCUT2D eigenvalue weighted by molar-refractivity contribution is 0.112. The van der Waals surface area contributed by atoms with Crippen LogP contribution in [0, 0.1) is 0 Å². The van der Waals surface area contributed by atoms with Gasteiger partial charge in [0.1, 0.15) is 6.29 Å². The Morgan fingerprint density at radius 1 is 0.532 bits per heavy atom. The van der Waals surface area contributed by atoms with E-state index in [0.29, 0.717) is 0 Å². The summed E-state index contributed by atoms with van der Waals surface area (Å²) in [6.07, 6.45) is 11.0. The standard InChI is InChI=1S/C42H44N4O/c1-44(34-17-9-8-10-18-34)43-33-24-26-42-38(30-33)36-20-12-14-22-40(36)46(42)28-16-7-5-3-2-4-6-15-27-45-39-21-13-11-19-35(39)37-29-32(31-47)23-25-41(37)45/h8-14,17-26,29-31,43H,2-7,15-16,27-28H2,1H3. The van der Waals surface area contributed by atoms with Gasteiger partial charge in [0.25, 0.3) is 0 Å². The molecule has 5 heteroatoms. The molecule has 0 atom stereocenters. The van der Waals surface area contributed by atoms with Gasteiger partial charge < -0.3 is 9.13 Å². The largest absolute Gasteiger partial charge is 0.340 e. The summed E-state index contributed by atoms with van der Waals surface area (Å²) in [7, 11) is 2.06. The number of hydrogen-bond acceptors (Lipinski definition) is 3. The van der Waals surface area contributed by atoms with Crippen molar-refractivity contribution in [1.29, 1.82) is 0 Å². The summed E-state index contributed by atoms with van der Waals surface area (Å²) in [5.74, 6) is 0. The lowest BCUT2D eigenvalue weighted by Crippen LogP contribution is -2.24. The summed E-state index contributed by atoms with van der Waals surface area (Å²) in [6, 6.07) is 40.6. The third kappa shape index (κ3) is 6.48. The lowest BCUT2D eigenvalue weighted by Gasteiger charge is -2.21. The van der Waals surface area contributed by atoms with Crippen molar-refractivity contribution in [3.63, 3.8) is 0 Å². The van der Waals surface area contributed by atoms with Gasteiger partial charge in [0, 0.05) is 69.3 Å². The highest BCUT2D eigenvalue weighted by molar-refractivity contribution is 6.10. The maximum Gasteiger partial charge on any atom is 0.150 e. The van der Waals surface area contributed by atoms with Crippen molar-refractivity contribution >= 4 is 61.3 Å². The average molecular weight is 621 g/mol. The van der Waals surface area contributed by atoms with Crippen LogP contribution in [0.15, 0.2) is 115 Å². The van der Waals surface area contributed by atoms with E-state index in [-0.39, 0.29) is 0 Å². The third-order valence-electron chi connectivity index (χ3n) is 9.66. The van der Waals surface area contributed by atoms with Gasteiger partial charge in [0.05, 0.1) is 11.4 Å². The Morgan fingerprint density at radius 2 is 1.02 bits per heavy atom. The molecule has 2 heterocycles. The molecule has 0 saturated heterocycles. The molecule has 47 heavy (non-hydrogen) atoms. The molecular weight excluding hydrogens is 576 g/mol. The highest BCUT2D eigenvalue weighted by Crippen LogP contribution is 2.33. The van der Waals surface area contributed by atoms with E-state index in [4.69, 9.17) is 0 Å². The first-order valence-electron chi connectivity index (χ1n) is 17.2. The summed E-state index contributed by atoms with van der Waals surface area (Å²) in [5, 5.41) is 7.11. The molecule has 0 aliphatic heterocycles. The van der Waals surface area contributed by atoms with Gasteiger partial charge in [-0.1, -0.05) is 93.1 Å². The van der Waals surface area contributed by atoms with E-state index < -0.39 is 0 Å². The van der Waals surface area contributed by atoms with Gasteiger partial charge >= 0.3 is 0 Å². The fourth-order valence-electron chi connectivity index (χ4n) is 7.26. The number of fused-ring (bicyclic) bond motifs is 6. The second-order valence-corrected chi connectivity index (χ2v) is 12.8. The highest BCUT2D eigenvalue weighted by atomic mass is 16.1. The van der Waals surface area contributed by atoms with Gasteiger partial charge in [-0.25, -0.2) is 0 Å². The van der Waals surface area contributed by atoms with E-state index in [9.17, 15) is 4.79 Å². The quantitative estimate of drug-likeness (QED) is 0.0704. The van der Waals surface area contributed by atoms with E-state index in [1.54, 1.807) is 0 Å². The van der Waals surface area contributed by atoms with Crippen molar-refractivity contribution in [2.45, 2.75) is 64.5 Å². The Hall–Kier alpha value is -5.03. The molecule has 0 spiro atoms. The normalized spacial score (nSPS) is 11.6. The van der Waals surface area contributed by atoms with Gasteiger partial charge in [-0.05, 0) is 73.5 Å². The topological polar surface area (TPSA) is 42.2 Å². The summed E-state index contributed by atoms with van der Waals surface area (Å²) in [4.78, 5) is 11.4. The summed E-state index contributed by atoms with van der Waals surface area (Å²) in [6.45, 7) is 2.07. The average Bonchev–Trinajstić information content (AvgIpc) is 3.61. The minimum Gasteiger partial charge on any atom is -0.340 e. The van der Waals surface area contributed by atoms with Crippen LogP contribution in [0.2, 0.25) is 0 Å². The smallest absolute Gasteiger partial charge is 0.150 e. The number of carbonyl (C=O) groups is 1. The van der Waals surface area contributed by atoms with Crippen LogP contribution >= 0.6 is 0 Å². The number of unbranched alkanes of at least 4 members (excludes halogenated alkanes) is 7. The number of hydrogen-bond donors (Lipinski definition) is 1. The number of aldehydes is 1. The molecule has 7 aromatic rings. The molecule has 0 amide bonds. The Kier molecular flexibility index (Phi) is 9.23. The van der Waals surface area contributed by atoms with Gasteiger partial charge in [-0.15, -0.1) is 0 Å². The van der Waals surface area contributed by atoms with Gasteiger partial charge in [-0.3, -0.25) is 15.2 Å². The third-order valence-corrected chi connectivity index (χ3v) is 9.66. The number of aryl methyl sites for hydroxylation is 2. The molecule has 0 unspecified atom stereocenters. The first-order chi connectivity index (χ1) is 23.2. The van der Waals surface area contributed by atoms with Crippen molar-refractivity contribution in [2.24, 2.45) is 0 Å².